The Labute approximate surface area is 175 Å². The van der Waals surface area contributed by atoms with Crippen molar-refractivity contribution < 1.29 is 19.1 Å². The summed E-state index contributed by atoms with van der Waals surface area (Å²) in [6.45, 7) is 7.76. The first-order chi connectivity index (χ1) is 14.4. The standard InChI is InChI=1S/C22H24N4O4/c1-4-7-26-14(2)10-17(15(26)3)11-18(13-23)22(28)25-24-21(27)16-5-6-19-20(12-16)30-9-8-29-19/h5-6,10-12H,4,7-9H2,1-3H3,(H,24,27)(H,25,28)/b18-11-. The molecule has 1 aliphatic rings. The Hall–Kier alpha value is -3.73. The summed E-state index contributed by atoms with van der Waals surface area (Å²) >= 11 is 0. The lowest BCUT2D eigenvalue weighted by Crippen LogP contribution is -2.42. The number of carbonyl (C=O) groups excluding carboxylic acids is 2. The van der Waals surface area contributed by atoms with E-state index < -0.39 is 11.8 Å². The summed E-state index contributed by atoms with van der Waals surface area (Å²) < 4.78 is 13.0. The van der Waals surface area contributed by atoms with E-state index in [1.165, 1.54) is 6.08 Å². The first-order valence-electron chi connectivity index (χ1n) is 9.73. The first-order valence-corrected chi connectivity index (χ1v) is 9.73. The lowest BCUT2D eigenvalue weighted by molar-refractivity contribution is -0.117. The van der Waals surface area contributed by atoms with Gasteiger partial charge in [0, 0.05) is 23.5 Å². The van der Waals surface area contributed by atoms with E-state index >= 15 is 0 Å². The first kappa shape index (κ1) is 21.0. The second-order valence-electron chi connectivity index (χ2n) is 6.91. The molecule has 2 heterocycles. The van der Waals surface area contributed by atoms with Crippen molar-refractivity contribution in [3.05, 3.63) is 52.4 Å². The van der Waals surface area contributed by atoms with Crippen LogP contribution in [0.5, 0.6) is 11.5 Å². The van der Waals surface area contributed by atoms with Gasteiger partial charge in [0.1, 0.15) is 24.9 Å². The number of ether oxygens (including phenoxy) is 2. The third-order valence-corrected chi connectivity index (χ3v) is 4.82. The van der Waals surface area contributed by atoms with Gasteiger partial charge in [0.25, 0.3) is 11.8 Å². The molecule has 0 saturated heterocycles. The van der Waals surface area contributed by atoms with Gasteiger partial charge in [-0.1, -0.05) is 6.92 Å². The van der Waals surface area contributed by atoms with Crippen LogP contribution in [0.25, 0.3) is 6.08 Å². The molecule has 0 spiro atoms. The molecular weight excluding hydrogens is 384 g/mol. The molecule has 30 heavy (non-hydrogen) atoms. The molecule has 0 aliphatic carbocycles. The van der Waals surface area contributed by atoms with Crippen molar-refractivity contribution in [1.29, 1.82) is 5.26 Å². The minimum atomic E-state index is -0.691. The van der Waals surface area contributed by atoms with Gasteiger partial charge in [0.05, 0.1) is 0 Å². The van der Waals surface area contributed by atoms with Crippen LogP contribution in [0.3, 0.4) is 0 Å². The van der Waals surface area contributed by atoms with E-state index in [0.29, 0.717) is 30.3 Å². The van der Waals surface area contributed by atoms with Gasteiger partial charge < -0.3 is 14.0 Å². The average Bonchev–Trinajstić information content (AvgIpc) is 3.02. The fourth-order valence-electron chi connectivity index (χ4n) is 3.28. The fourth-order valence-corrected chi connectivity index (χ4v) is 3.28. The number of hydrogen-bond donors (Lipinski definition) is 2. The van der Waals surface area contributed by atoms with Gasteiger partial charge in [-0.25, -0.2) is 0 Å². The molecule has 0 bridgehead atoms. The zero-order valence-corrected chi connectivity index (χ0v) is 17.2. The summed E-state index contributed by atoms with van der Waals surface area (Å²) in [6.07, 6.45) is 2.51. The Kier molecular flexibility index (Phi) is 6.42. The number of amides is 2. The van der Waals surface area contributed by atoms with Crippen molar-refractivity contribution in [2.24, 2.45) is 0 Å². The molecule has 1 aliphatic heterocycles. The van der Waals surface area contributed by atoms with Crippen LogP contribution in [0.4, 0.5) is 0 Å². The highest BCUT2D eigenvalue weighted by Crippen LogP contribution is 2.30. The number of nitrogens with zero attached hydrogens (tertiary/aromatic N) is 2. The van der Waals surface area contributed by atoms with Crippen molar-refractivity contribution in [2.45, 2.75) is 33.7 Å². The molecule has 156 valence electrons. The lowest BCUT2D eigenvalue weighted by Gasteiger charge is -2.18. The van der Waals surface area contributed by atoms with Crippen LogP contribution in [-0.2, 0) is 11.3 Å². The average molecular weight is 408 g/mol. The van der Waals surface area contributed by atoms with Crippen LogP contribution in [0, 0.1) is 25.2 Å². The fraction of sp³-hybridized carbons (Fsp3) is 0.318. The molecule has 0 fully saturated rings. The number of rotatable bonds is 5. The maximum atomic E-state index is 12.4. The number of benzene rings is 1. The summed E-state index contributed by atoms with van der Waals surface area (Å²) in [5.41, 5.74) is 7.65. The smallest absolute Gasteiger partial charge is 0.280 e. The topological polar surface area (TPSA) is 105 Å². The Balaban J connectivity index is 1.69. The Morgan fingerprint density at radius 1 is 1.17 bits per heavy atom. The molecule has 0 atom stereocenters. The van der Waals surface area contributed by atoms with Crippen LogP contribution in [0.15, 0.2) is 29.8 Å². The van der Waals surface area contributed by atoms with Gasteiger partial charge in [0.15, 0.2) is 11.5 Å². The number of nitrogens with one attached hydrogen (secondary N) is 2. The molecule has 8 nitrogen and oxygen atoms in total. The number of hydrazine groups is 1. The minimum absolute atomic E-state index is 0.103. The molecule has 1 aromatic carbocycles. The van der Waals surface area contributed by atoms with Crippen LogP contribution < -0.4 is 20.3 Å². The highest BCUT2D eigenvalue weighted by molar-refractivity contribution is 6.03. The summed E-state index contributed by atoms with van der Waals surface area (Å²) in [6, 6.07) is 8.57. The zero-order valence-electron chi connectivity index (χ0n) is 17.2. The van der Waals surface area contributed by atoms with E-state index in [1.54, 1.807) is 18.2 Å². The maximum Gasteiger partial charge on any atom is 0.280 e. The largest absolute Gasteiger partial charge is 0.486 e. The summed E-state index contributed by atoms with van der Waals surface area (Å²) in [5, 5.41) is 9.41. The highest BCUT2D eigenvalue weighted by atomic mass is 16.6. The summed E-state index contributed by atoms with van der Waals surface area (Å²) in [4.78, 5) is 24.8. The molecular formula is C22H24N4O4. The van der Waals surface area contributed by atoms with E-state index in [0.717, 1.165) is 29.9 Å². The number of fused-ring (bicyclic) bond motifs is 1. The molecule has 8 heteroatoms. The summed E-state index contributed by atoms with van der Waals surface area (Å²) in [5.74, 6) is -0.181. The molecule has 3 rings (SSSR count). The number of aromatic nitrogens is 1. The lowest BCUT2D eigenvalue weighted by atomic mass is 10.1. The van der Waals surface area contributed by atoms with Crippen LogP contribution in [0.2, 0.25) is 0 Å². The molecule has 1 aromatic heterocycles. The zero-order chi connectivity index (χ0) is 21.7. The van der Waals surface area contributed by atoms with Gasteiger partial charge in [-0.3, -0.25) is 20.4 Å². The van der Waals surface area contributed by atoms with Crippen LogP contribution in [0.1, 0.15) is 40.7 Å². The third-order valence-electron chi connectivity index (χ3n) is 4.82. The molecule has 2 N–H and O–H groups in total. The van der Waals surface area contributed by atoms with Crippen molar-refractivity contribution in [2.75, 3.05) is 13.2 Å². The monoisotopic (exact) mass is 408 g/mol. The number of carbonyl (C=O) groups is 2. The molecule has 0 saturated carbocycles. The van der Waals surface area contributed by atoms with Gasteiger partial charge in [-0.2, -0.15) is 5.26 Å². The quantitative estimate of drug-likeness (QED) is 0.450. The van der Waals surface area contributed by atoms with E-state index in [4.69, 9.17) is 9.47 Å². The maximum absolute atomic E-state index is 12.4. The predicted molar refractivity (Wildman–Crippen MR) is 111 cm³/mol. The predicted octanol–water partition coefficient (Wildman–Crippen LogP) is 2.65. The van der Waals surface area contributed by atoms with Crippen LogP contribution in [-0.4, -0.2) is 29.6 Å². The Morgan fingerprint density at radius 2 is 1.90 bits per heavy atom. The minimum Gasteiger partial charge on any atom is -0.486 e. The van der Waals surface area contributed by atoms with E-state index in [1.807, 2.05) is 26.0 Å². The number of aryl methyl sites for hydroxylation is 1. The van der Waals surface area contributed by atoms with E-state index in [9.17, 15) is 14.9 Å². The molecule has 0 unspecified atom stereocenters. The number of hydrogen-bond acceptors (Lipinski definition) is 5. The Bertz CT molecular complexity index is 1050. The normalized spacial score (nSPS) is 12.8. The van der Waals surface area contributed by atoms with Gasteiger partial charge in [0.2, 0.25) is 0 Å². The number of nitriles is 1. The van der Waals surface area contributed by atoms with E-state index in [2.05, 4.69) is 22.3 Å². The molecule has 2 amide bonds. The molecule has 2 aromatic rings. The highest BCUT2D eigenvalue weighted by Gasteiger charge is 2.17. The third kappa shape index (κ3) is 4.46. The van der Waals surface area contributed by atoms with Crippen molar-refractivity contribution >= 4 is 17.9 Å². The summed E-state index contributed by atoms with van der Waals surface area (Å²) in [7, 11) is 0. The second-order valence-corrected chi connectivity index (χ2v) is 6.91. The van der Waals surface area contributed by atoms with Crippen molar-refractivity contribution in [3.63, 3.8) is 0 Å². The van der Waals surface area contributed by atoms with Gasteiger partial charge in [-0.15, -0.1) is 0 Å². The van der Waals surface area contributed by atoms with Crippen molar-refractivity contribution in [3.8, 4) is 17.6 Å². The van der Waals surface area contributed by atoms with Crippen LogP contribution >= 0.6 is 0 Å². The second kappa shape index (κ2) is 9.18. The molecule has 0 radical (unpaired) electrons. The van der Waals surface area contributed by atoms with Gasteiger partial charge in [-0.05, 0) is 56.2 Å². The van der Waals surface area contributed by atoms with E-state index in [-0.39, 0.29) is 5.57 Å². The SMILES string of the molecule is CCCn1c(C)cc(/C=C(/C#N)C(=O)NNC(=O)c2ccc3c(c2)OCCO3)c1C. The Morgan fingerprint density at radius 3 is 2.60 bits per heavy atom. The van der Waals surface area contributed by atoms with Gasteiger partial charge >= 0.3 is 0 Å². The van der Waals surface area contributed by atoms with Crippen molar-refractivity contribution in [1.82, 2.24) is 15.4 Å².